The van der Waals surface area contributed by atoms with Crippen LogP contribution < -0.4 is 5.32 Å². The molecule has 0 aliphatic carbocycles. The van der Waals surface area contributed by atoms with Gasteiger partial charge in [0.25, 0.3) is 0 Å². The first kappa shape index (κ1) is 14.5. The number of amides is 1. The van der Waals surface area contributed by atoms with Crippen molar-refractivity contribution in [2.75, 3.05) is 6.54 Å². The molecule has 1 heterocycles. The molecule has 1 rings (SSSR count). The minimum Gasteiger partial charge on any atom is -0.478 e. The largest absolute Gasteiger partial charge is 0.478 e. The molecule has 0 aliphatic rings. The highest BCUT2D eigenvalue weighted by atomic mass is 32.2. The molecule has 0 aromatic carbocycles. The Morgan fingerprint density at radius 1 is 1.56 bits per heavy atom. The van der Waals surface area contributed by atoms with Crippen LogP contribution in [0.4, 0.5) is 0 Å². The molecule has 1 unspecified atom stereocenters. The van der Waals surface area contributed by atoms with E-state index in [-0.39, 0.29) is 16.7 Å². The summed E-state index contributed by atoms with van der Waals surface area (Å²) in [4.78, 5) is 26.7. The van der Waals surface area contributed by atoms with E-state index in [0.717, 1.165) is 18.2 Å². The summed E-state index contributed by atoms with van der Waals surface area (Å²) >= 11 is 1.15. The van der Waals surface area contributed by atoms with Gasteiger partial charge >= 0.3 is 5.97 Å². The van der Waals surface area contributed by atoms with Crippen LogP contribution in [0.15, 0.2) is 23.4 Å². The van der Waals surface area contributed by atoms with Crippen LogP contribution >= 0.6 is 11.8 Å². The van der Waals surface area contributed by atoms with E-state index < -0.39 is 5.97 Å². The monoisotopic (exact) mass is 268 g/mol. The van der Waals surface area contributed by atoms with Gasteiger partial charge in [0.2, 0.25) is 5.91 Å². The van der Waals surface area contributed by atoms with Gasteiger partial charge in [0.05, 0.1) is 10.8 Å². The first-order chi connectivity index (χ1) is 8.56. The van der Waals surface area contributed by atoms with Crippen LogP contribution in [0.2, 0.25) is 0 Å². The molecular weight excluding hydrogens is 252 g/mol. The van der Waals surface area contributed by atoms with Crippen LogP contribution in [0.25, 0.3) is 0 Å². The Labute approximate surface area is 110 Å². The second-order valence-electron chi connectivity index (χ2n) is 3.71. The van der Waals surface area contributed by atoms with Crippen molar-refractivity contribution in [3.8, 4) is 0 Å². The molecule has 18 heavy (non-hydrogen) atoms. The van der Waals surface area contributed by atoms with Crippen molar-refractivity contribution in [1.29, 1.82) is 0 Å². The van der Waals surface area contributed by atoms with E-state index in [4.69, 9.17) is 5.11 Å². The fourth-order valence-corrected chi connectivity index (χ4v) is 2.19. The third-order valence-corrected chi connectivity index (χ3v) is 3.32. The lowest BCUT2D eigenvalue weighted by atomic mass is 10.3. The molecule has 0 fully saturated rings. The van der Waals surface area contributed by atoms with Crippen LogP contribution in [0.1, 0.15) is 30.6 Å². The van der Waals surface area contributed by atoms with Gasteiger partial charge in [0.1, 0.15) is 5.03 Å². The SMILES string of the molecule is CCCNC(=O)C(C)Sc1ncccc1C(=O)O. The zero-order valence-corrected chi connectivity index (χ0v) is 11.2. The van der Waals surface area contributed by atoms with Crippen molar-refractivity contribution in [1.82, 2.24) is 10.3 Å². The van der Waals surface area contributed by atoms with E-state index in [2.05, 4.69) is 10.3 Å². The quantitative estimate of drug-likeness (QED) is 0.769. The van der Waals surface area contributed by atoms with Crippen LogP contribution in [-0.2, 0) is 4.79 Å². The van der Waals surface area contributed by atoms with E-state index in [1.54, 1.807) is 13.0 Å². The van der Waals surface area contributed by atoms with Gasteiger partial charge in [-0.05, 0) is 25.5 Å². The second-order valence-corrected chi connectivity index (χ2v) is 5.04. The minimum absolute atomic E-state index is 0.108. The van der Waals surface area contributed by atoms with Gasteiger partial charge in [0.15, 0.2) is 0 Å². The lowest BCUT2D eigenvalue weighted by Gasteiger charge is -2.11. The molecule has 0 saturated heterocycles. The Bertz CT molecular complexity index is 437. The van der Waals surface area contributed by atoms with E-state index in [1.807, 2.05) is 6.92 Å². The number of carbonyl (C=O) groups excluding carboxylic acids is 1. The molecule has 0 bridgehead atoms. The summed E-state index contributed by atoms with van der Waals surface area (Å²) in [6, 6.07) is 3.05. The number of aromatic carboxylic acids is 1. The van der Waals surface area contributed by atoms with Crippen molar-refractivity contribution in [2.24, 2.45) is 0 Å². The predicted molar refractivity (Wildman–Crippen MR) is 69.8 cm³/mol. The van der Waals surface area contributed by atoms with Crippen molar-refractivity contribution in [3.05, 3.63) is 23.9 Å². The Balaban J connectivity index is 2.72. The number of hydrogen-bond acceptors (Lipinski definition) is 4. The first-order valence-electron chi connectivity index (χ1n) is 5.69. The number of carbonyl (C=O) groups is 2. The van der Waals surface area contributed by atoms with Crippen molar-refractivity contribution in [2.45, 2.75) is 30.5 Å². The third kappa shape index (κ3) is 4.03. The molecule has 0 radical (unpaired) electrons. The predicted octanol–water partition coefficient (Wildman–Crippen LogP) is 1.79. The molecule has 1 aromatic rings. The maximum atomic E-state index is 11.7. The average molecular weight is 268 g/mol. The minimum atomic E-state index is -1.04. The summed E-state index contributed by atoms with van der Waals surface area (Å²) in [5, 5.41) is 11.8. The number of thioether (sulfide) groups is 1. The number of hydrogen-bond donors (Lipinski definition) is 2. The number of rotatable bonds is 6. The van der Waals surface area contributed by atoms with Crippen LogP contribution in [0.5, 0.6) is 0 Å². The average Bonchev–Trinajstić information content (AvgIpc) is 2.36. The smallest absolute Gasteiger partial charge is 0.338 e. The fraction of sp³-hybridized carbons (Fsp3) is 0.417. The molecular formula is C12H16N2O3S. The highest BCUT2D eigenvalue weighted by Gasteiger charge is 2.18. The number of carboxylic acid groups (broad SMARTS) is 1. The van der Waals surface area contributed by atoms with Crippen molar-refractivity contribution >= 4 is 23.6 Å². The molecule has 0 aliphatic heterocycles. The zero-order chi connectivity index (χ0) is 13.5. The Hall–Kier alpha value is -1.56. The molecule has 6 heteroatoms. The van der Waals surface area contributed by atoms with Gasteiger partial charge < -0.3 is 10.4 Å². The van der Waals surface area contributed by atoms with Crippen LogP contribution in [0.3, 0.4) is 0 Å². The standard InChI is InChI=1S/C12H16N2O3S/c1-3-6-13-10(15)8(2)18-11-9(12(16)17)5-4-7-14-11/h4-5,7-8H,3,6H2,1-2H3,(H,13,15)(H,16,17). The maximum Gasteiger partial charge on any atom is 0.338 e. The lowest BCUT2D eigenvalue weighted by Crippen LogP contribution is -2.31. The number of aromatic nitrogens is 1. The van der Waals surface area contributed by atoms with Gasteiger partial charge in [-0.15, -0.1) is 0 Å². The summed E-state index contributed by atoms with van der Waals surface area (Å²) in [5.74, 6) is -1.14. The maximum absolute atomic E-state index is 11.7. The van der Waals surface area contributed by atoms with Crippen LogP contribution in [0, 0.1) is 0 Å². The number of carboxylic acids is 1. The Morgan fingerprint density at radius 3 is 2.89 bits per heavy atom. The first-order valence-corrected chi connectivity index (χ1v) is 6.57. The molecule has 1 amide bonds. The van der Waals surface area contributed by atoms with Gasteiger partial charge in [-0.1, -0.05) is 18.7 Å². The molecule has 5 nitrogen and oxygen atoms in total. The Kier molecular flexibility index (Phi) is 5.64. The molecule has 98 valence electrons. The number of pyridine rings is 1. The normalized spacial score (nSPS) is 11.9. The third-order valence-electron chi connectivity index (χ3n) is 2.21. The second kappa shape index (κ2) is 7.00. The fourth-order valence-electron chi connectivity index (χ4n) is 1.26. The number of nitrogens with one attached hydrogen (secondary N) is 1. The zero-order valence-electron chi connectivity index (χ0n) is 10.3. The Morgan fingerprint density at radius 2 is 2.28 bits per heavy atom. The number of nitrogens with zero attached hydrogens (tertiary/aromatic N) is 1. The van der Waals surface area contributed by atoms with E-state index >= 15 is 0 Å². The molecule has 1 atom stereocenters. The molecule has 1 aromatic heterocycles. The lowest BCUT2D eigenvalue weighted by molar-refractivity contribution is -0.120. The topological polar surface area (TPSA) is 79.3 Å². The summed E-state index contributed by atoms with van der Waals surface area (Å²) < 4.78 is 0. The van der Waals surface area contributed by atoms with Crippen LogP contribution in [-0.4, -0.2) is 33.8 Å². The van der Waals surface area contributed by atoms with Gasteiger partial charge in [-0.25, -0.2) is 9.78 Å². The highest BCUT2D eigenvalue weighted by molar-refractivity contribution is 8.00. The van der Waals surface area contributed by atoms with Gasteiger partial charge in [-0.3, -0.25) is 4.79 Å². The van der Waals surface area contributed by atoms with E-state index in [0.29, 0.717) is 11.6 Å². The molecule has 0 spiro atoms. The summed E-state index contributed by atoms with van der Waals surface area (Å²) in [5.41, 5.74) is 0.123. The van der Waals surface area contributed by atoms with E-state index in [1.165, 1.54) is 12.3 Å². The van der Waals surface area contributed by atoms with Crippen molar-refractivity contribution < 1.29 is 14.7 Å². The summed E-state index contributed by atoms with van der Waals surface area (Å²) in [6.07, 6.45) is 2.39. The molecule has 2 N–H and O–H groups in total. The van der Waals surface area contributed by atoms with E-state index in [9.17, 15) is 9.59 Å². The summed E-state index contributed by atoms with van der Waals surface area (Å²) in [7, 11) is 0. The molecule has 0 saturated carbocycles. The van der Waals surface area contributed by atoms with Gasteiger partial charge in [0, 0.05) is 12.7 Å². The summed E-state index contributed by atoms with van der Waals surface area (Å²) in [6.45, 7) is 4.33. The highest BCUT2D eigenvalue weighted by Crippen LogP contribution is 2.24. The van der Waals surface area contributed by atoms with Gasteiger partial charge in [-0.2, -0.15) is 0 Å². The van der Waals surface area contributed by atoms with Crippen molar-refractivity contribution in [3.63, 3.8) is 0 Å².